The van der Waals surface area contributed by atoms with Crippen LogP contribution in [0, 0.1) is 13.8 Å². The summed E-state index contributed by atoms with van der Waals surface area (Å²) in [5.41, 5.74) is 3.00. The fourth-order valence-electron chi connectivity index (χ4n) is 2.59. The third-order valence-corrected chi connectivity index (χ3v) is 5.29. The molecule has 5 nitrogen and oxygen atoms in total. The van der Waals surface area contributed by atoms with E-state index in [1.54, 1.807) is 24.3 Å². The van der Waals surface area contributed by atoms with Crippen LogP contribution >= 0.6 is 15.9 Å². The molecule has 0 fully saturated rings. The third kappa shape index (κ3) is 6.10. The van der Waals surface area contributed by atoms with Gasteiger partial charge in [-0.25, -0.2) is 0 Å². The second-order valence-electron chi connectivity index (χ2n) is 6.36. The number of anilines is 1. The Balaban J connectivity index is 1.99. The molecule has 0 spiro atoms. The van der Waals surface area contributed by atoms with E-state index in [9.17, 15) is 9.59 Å². The van der Waals surface area contributed by atoms with E-state index >= 15 is 0 Å². The molecule has 0 atom stereocenters. The van der Waals surface area contributed by atoms with Gasteiger partial charge in [-0.1, -0.05) is 41.4 Å². The maximum atomic E-state index is 12.3. The Morgan fingerprint density at radius 2 is 1.78 bits per heavy atom. The molecule has 2 N–H and O–H groups in total. The molecular weight excluding hydrogens is 408 g/mol. The van der Waals surface area contributed by atoms with Crippen molar-refractivity contribution in [2.45, 2.75) is 33.6 Å². The number of hydrogen-bond donors (Lipinski definition) is 2. The first-order valence-corrected chi connectivity index (χ1v) is 9.78. The zero-order chi connectivity index (χ0) is 19.8. The molecule has 0 aromatic heterocycles. The highest BCUT2D eigenvalue weighted by atomic mass is 79.9. The number of halogens is 1. The van der Waals surface area contributed by atoms with Crippen LogP contribution in [0.25, 0.3) is 0 Å². The van der Waals surface area contributed by atoms with E-state index in [1.165, 1.54) is 0 Å². The molecule has 6 heteroatoms. The Labute approximate surface area is 168 Å². The Bertz CT molecular complexity index is 798. The number of hydrogen-bond acceptors (Lipinski definition) is 3. The number of carbonyl (C=O) groups excluding carboxylic acids is 2. The van der Waals surface area contributed by atoms with Gasteiger partial charge in [0.2, 0.25) is 0 Å². The van der Waals surface area contributed by atoms with Crippen LogP contribution in [0.2, 0.25) is 0 Å². The van der Waals surface area contributed by atoms with Gasteiger partial charge in [0.25, 0.3) is 11.8 Å². The SMILES string of the molecule is CCCCNC(=O)c1ccccc1NC(=O)COc1cc(C)c(Br)c(C)c1. The molecule has 0 unspecified atom stereocenters. The molecule has 0 bridgehead atoms. The lowest BCUT2D eigenvalue weighted by Crippen LogP contribution is -2.27. The summed E-state index contributed by atoms with van der Waals surface area (Å²) >= 11 is 3.51. The van der Waals surface area contributed by atoms with Crippen molar-refractivity contribution in [2.24, 2.45) is 0 Å². The van der Waals surface area contributed by atoms with Crippen LogP contribution in [-0.4, -0.2) is 25.0 Å². The Kier molecular flexibility index (Phi) is 7.85. The molecule has 2 rings (SSSR count). The standard InChI is InChI=1S/C21H25BrN2O3/c1-4-5-10-23-21(26)17-8-6-7-9-18(17)24-19(25)13-27-16-11-14(2)20(22)15(3)12-16/h6-9,11-12H,4-5,10,13H2,1-3H3,(H,23,26)(H,24,25). The van der Waals surface area contributed by atoms with Crippen LogP contribution in [0.3, 0.4) is 0 Å². The number of ether oxygens (including phenoxy) is 1. The minimum absolute atomic E-state index is 0.133. The lowest BCUT2D eigenvalue weighted by molar-refractivity contribution is -0.118. The number of benzene rings is 2. The number of aryl methyl sites for hydroxylation is 2. The molecular formula is C21H25BrN2O3. The maximum Gasteiger partial charge on any atom is 0.262 e. The van der Waals surface area contributed by atoms with Gasteiger partial charge in [-0.05, 0) is 55.7 Å². The van der Waals surface area contributed by atoms with E-state index < -0.39 is 0 Å². The van der Waals surface area contributed by atoms with E-state index in [4.69, 9.17) is 4.74 Å². The summed E-state index contributed by atoms with van der Waals surface area (Å²) in [7, 11) is 0. The zero-order valence-corrected chi connectivity index (χ0v) is 17.5. The van der Waals surface area contributed by atoms with E-state index in [-0.39, 0.29) is 18.4 Å². The lowest BCUT2D eigenvalue weighted by atomic mass is 10.1. The van der Waals surface area contributed by atoms with Gasteiger partial charge in [0.15, 0.2) is 6.61 Å². The Morgan fingerprint density at radius 3 is 2.44 bits per heavy atom. The summed E-state index contributed by atoms with van der Waals surface area (Å²) < 4.78 is 6.63. The van der Waals surface area contributed by atoms with Crippen LogP contribution in [0.15, 0.2) is 40.9 Å². The first-order valence-electron chi connectivity index (χ1n) is 8.99. The minimum atomic E-state index is -0.318. The van der Waals surface area contributed by atoms with E-state index in [1.807, 2.05) is 26.0 Å². The van der Waals surface area contributed by atoms with Crippen molar-refractivity contribution < 1.29 is 14.3 Å². The Morgan fingerprint density at radius 1 is 1.11 bits per heavy atom. The summed E-state index contributed by atoms with van der Waals surface area (Å²) in [6.45, 7) is 6.48. The van der Waals surface area contributed by atoms with E-state index in [0.29, 0.717) is 23.5 Å². The second-order valence-corrected chi connectivity index (χ2v) is 7.16. The van der Waals surface area contributed by atoms with Gasteiger partial charge in [-0.2, -0.15) is 0 Å². The molecule has 0 heterocycles. The quantitative estimate of drug-likeness (QED) is 0.598. The summed E-state index contributed by atoms with van der Waals surface area (Å²) in [4.78, 5) is 24.6. The fraction of sp³-hybridized carbons (Fsp3) is 0.333. The van der Waals surface area contributed by atoms with Crippen LogP contribution in [0.5, 0.6) is 5.75 Å². The number of rotatable bonds is 8. The van der Waals surface area contributed by atoms with Crippen molar-refractivity contribution in [1.29, 1.82) is 0 Å². The first kappa shape index (κ1) is 21.0. The van der Waals surface area contributed by atoms with Gasteiger partial charge in [-0.3, -0.25) is 9.59 Å². The maximum absolute atomic E-state index is 12.3. The third-order valence-electron chi connectivity index (χ3n) is 4.04. The van der Waals surface area contributed by atoms with Crippen molar-refractivity contribution in [3.05, 3.63) is 57.6 Å². The van der Waals surface area contributed by atoms with Crippen molar-refractivity contribution in [3.8, 4) is 5.75 Å². The van der Waals surface area contributed by atoms with Gasteiger partial charge < -0.3 is 15.4 Å². The van der Waals surface area contributed by atoms with Crippen LogP contribution in [0.4, 0.5) is 5.69 Å². The number of para-hydroxylation sites is 1. The highest BCUT2D eigenvalue weighted by Crippen LogP contribution is 2.26. The van der Waals surface area contributed by atoms with Gasteiger partial charge >= 0.3 is 0 Å². The van der Waals surface area contributed by atoms with Gasteiger partial charge in [0, 0.05) is 11.0 Å². The van der Waals surface area contributed by atoms with Crippen LogP contribution in [0.1, 0.15) is 41.3 Å². The minimum Gasteiger partial charge on any atom is -0.484 e. The molecule has 2 aromatic rings. The first-order chi connectivity index (χ1) is 12.9. The lowest BCUT2D eigenvalue weighted by Gasteiger charge is -2.13. The van der Waals surface area contributed by atoms with Gasteiger partial charge in [0.05, 0.1) is 11.3 Å². The Hall–Kier alpha value is -2.34. The molecule has 144 valence electrons. The largest absolute Gasteiger partial charge is 0.484 e. The number of carbonyl (C=O) groups is 2. The molecule has 0 radical (unpaired) electrons. The topological polar surface area (TPSA) is 67.4 Å². The predicted molar refractivity (Wildman–Crippen MR) is 111 cm³/mol. The van der Waals surface area contributed by atoms with Crippen molar-refractivity contribution in [1.82, 2.24) is 5.32 Å². The van der Waals surface area contributed by atoms with Gasteiger partial charge in [0.1, 0.15) is 5.75 Å². The highest BCUT2D eigenvalue weighted by Gasteiger charge is 2.13. The fourth-order valence-corrected chi connectivity index (χ4v) is 2.82. The van der Waals surface area contributed by atoms with E-state index in [0.717, 1.165) is 28.4 Å². The van der Waals surface area contributed by atoms with Crippen LogP contribution in [-0.2, 0) is 4.79 Å². The molecule has 0 aliphatic heterocycles. The average molecular weight is 433 g/mol. The molecule has 0 saturated carbocycles. The molecule has 2 amide bonds. The number of nitrogens with one attached hydrogen (secondary N) is 2. The number of unbranched alkanes of at least 4 members (excludes halogenated alkanes) is 1. The smallest absolute Gasteiger partial charge is 0.262 e. The number of amides is 2. The molecule has 0 saturated heterocycles. The van der Waals surface area contributed by atoms with Gasteiger partial charge in [-0.15, -0.1) is 0 Å². The summed E-state index contributed by atoms with van der Waals surface area (Å²) in [6.07, 6.45) is 1.92. The zero-order valence-electron chi connectivity index (χ0n) is 15.9. The van der Waals surface area contributed by atoms with Crippen molar-refractivity contribution in [2.75, 3.05) is 18.5 Å². The van der Waals surface area contributed by atoms with E-state index in [2.05, 4.69) is 33.5 Å². The summed E-state index contributed by atoms with van der Waals surface area (Å²) in [5, 5.41) is 5.62. The molecule has 0 aliphatic rings. The predicted octanol–water partition coefficient (Wildman–Crippen LogP) is 4.61. The van der Waals surface area contributed by atoms with Crippen molar-refractivity contribution in [3.63, 3.8) is 0 Å². The highest BCUT2D eigenvalue weighted by molar-refractivity contribution is 9.10. The monoisotopic (exact) mass is 432 g/mol. The molecule has 2 aromatic carbocycles. The molecule has 27 heavy (non-hydrogen) atoms. The average Bonchev–Trinajstić information content (AvgIpc) is 2.65. The summed E-state index contributed by atoms with van der Waals surface area (Å²) in [5.74, 6) is 0.121. The van der Waals surface area contributed by atoms with Crippen LogP contribution < -0.4 is 15.4 Å². The normalized spacial score (nSPS) is 10.4. The summed E-state index contributed by atoms with van der Waals surface area (Å²) in [6, 6.07) is 10.7. The van der Waals surface area contributed by atoms with Crippen molar-refractivity contribution >= 4 is 33.4 Å². The second kappa shape index (κ2) is 10.1. The molecule has 0 aliphatic carbocycles.